The highest BCUT2D eigenvalue weighted by molar-refractivity contribution is 5.94. The summed E-state index contributed by atoms with van der Waals surface area (Å²) in [4.78, 5) is 31.5. The number of halogens is 2. The van der Waals surface area contributed by atoms with Crippen LogP contribution in [0.4, 0.5) is 8.78 Å². The van der Waals surface area contributed by atoms with Crippen LogP contribution in [0.25, 0.3) is 22.2 Å². The molecule has 0 fully saturated rings. The predicted molar refractivity (Wildman–Crippen MR) is 89.7 cm³/mol. The molecule has 3 aromatic rings. The lowest BCUT2D eigenvalue weighted by molar-refractivity contribution is 0.0695. The van der Waals surface area contributed by atoms with E-state index in [9.17, 15) is 14.0 Å². The number of hydrogen-bond donors (Lipinski definition) is 2. The first-order valence-electron chi connectivity index (χ1n) is 7.69. The van der Waals surface area contributed by atoms with Gasteiger partial charge in [0.15, 0.2) is 5.82 Å². The summed E-state index contributed by atoms with van der Waals surface area (Å²) in [6.07, 6.45) is 2.37. The molecule has 26 heavy (non-hydrogen) atoms. The van der Waals surface area contributed by atoms with Crippen LogP contribution in [0.5, 0.6) is 0 Å². The molecule has 0 bridgehead atoms. The van der Waals surface area contributed by atoms with Gasteiger partial charge in [-0.05, 0) is 19.1 Å². The van der Waals surface area contributed by atoms with E-state index in [0.29, 0.717) is 0 Å². The molecule has 0 aliphatic heterocycles. The predicted octanol–water partition coefficient (Wildman–Crippen LogP) is 1.91. The molecule has 0 spiro atoms. The van der Waals surface area contributed by atoms with E-state index in [-0.39, 0.29) is 35.5 Å². The summed E-state index contributed by atoms with van der Waals surface area (Å²) in [6, 6.07) is 2.16. The fraction of sp³-hybridized carbons (Fsp3) is 0.176. The van der Waals surface area contributed by atoms with Crippen LogP contribution in [0.1, 0.15) is 23.1 Å². The first-order valence-corrected chi connectivity index (χ1v) is 7.69. The summed E-state index contributed by atoms with van der Waals surface area (Å²) in [6.45, 7) is 1.82. The Bertz CT molecular complexity index is 1100. The molecule has 0 saturated carbocycles. The number of carboxylic acids is 1. The van der Waals surface area contributed by atoms with Gasteiger partial charge in [-0.3, -0.25) is 4.79 Å². The quantitative estimate of drug-likeness (QED) is 0.735. The highest BCUT2D eigenvalue weighted by Gasteiger charge is 2.23. The van der Waals surface area contributed by atoms with Crippen LogP contribution in [0.2, 0.25) is 0 Å². The van der Waals surface area contributed by atoms with Crippen molar-refractivity contribution in [2.45, 2.75) is 20.0 Å². The van der Waals surface area contributed by atoms with Crippen molar-refractivity contribution in [2.75, 3.05) is 0 Å². The first-order chi connectivity index (χ1) is 12.4. The minimum absolute atomic E-state index is 0.00764. The lowest BCUT2D eigenvalue weighted by Crippen LogP contribution is -2.20. The van der Waals surface area contributed by atoms with Crippen molar-refractivity contribution in [2.24, 2.45) is 5.73 Å². The van der Waals surface area contributed by atoms with Crippen molar-refractivity contribution in [3.8, 4) is 11.3 Å². The van der Waals surface area contributed by atoms with Crippen molar-refractivity contribution < 1.29 is 18.7 Å². The smallest absolute Gasteiger partial charge is 0.341 e. The fourth-order valence-corrected chi connectivity index (χ4v) is 2.76. The van der Waals surface area contributed by atoms with Crippen molar-refractivity contribution in [3.05, 3.63) is 57.8 Å². The van der Waals surface area contributed by atoms with Gasteiger partial charge in [-0.1, -0.05) is 0 Å². The molecule has 3 rings (SSSR count). The van der Waals surface area contributed by atoms with Crippen LogP contribution in [0.3, 0.4) is 0 Å². The molecule has 134 valence electrons. The largest absolute Gasteiger partial charge is 0.477 e. The Hall–Kier alpha value is -3.20. The summed E-state index contributed by atoms with van der Waals surface area (Å²) in [5.74, 6) is -3.29. The average Bonchev–Trinajstić information content (AvgIpc) is 2.62. The summed E-state index contributed by atoms with van der Waals surface area (Å²) in [5, 5.41) is 8.80. The van der Waals surface area contributed by atoms with Crippen LogP contribution >= 0.6 is 0 Å². The van der Waals surface area contributed by atoms with E-state index in [0.717, 1.165) is 12.3 Å². The number of aryl methyl sites for hydroxylation is 1. The van der Waals surface area contributed by atoms with Crippen molar-refractivity contribution in [1.29, 1.82) is 0 Å². The third-order valence-corrected chi connectivity index (χ3v) is 3.97. The number of carbonyl (C=O) groups is 1. The van der Waals surface area contributed by atoms with E-state index >= 15 is 4.39 Å². The molecule has 0 aliphatic rings. The number of hydrogen-bond acceptors (Lipinski definition) is 5. The molecule has 3 N–H and O–H groups in total. The van der Waals surface area contributed by atoms with Crippen molar-refractivity contribution in [1.82, 2.24) is 14.5 Å². The van der Waals surface area contributed by atoms with E-state index in [4.69, 9.17) is 10.8 Å². The molecule has 0 atom stereocenters. The molecule has 0 aliphatic carbocycles. The molecular weight excluding hydrogens is 346 g/mol. The second kappa shape index (κ2) is 6.60. The Morgan fingerprint density at radius 2 is 2.12 bits per heavy atom. The maximum Gasteiger partial charge on any atom is 0.341 e. The third-order valence-electron chi connectivity index (χ3n) is 3.97. The van der Waals surface area contributed by atoms with Crippen LogP contribution in [-0.4, -0.2) is 25.6 Å². The van der Waals surface area contributed by atoms with E-state index in [1.807, 2.05) is 0 Å². The Labute approximate surface area is 145 Å². The van der Waals surface area contributed by atoms with Crippen molar-refractivity contribution in [3.63, 3.8) is 0 Å². The lowest BCUT2D eigenvalue weighted by Gasteiger charge is -2.14. The number of rotatable bonds is 4. The number of benzene rings is 1. The zero-order valence-electron chi connectivity index (χ0n) is 13.7. The van der Waals surface area contributed by atoms with Gasteiger partial charge in [-0.15, -0.1) is 0 Å². The molecule has 9 heteroatoms. The molecule has 0 amide bonds. The molecule has 2 aromatic heterocycles. The maximum absolute atomic E-state index is 15.2. The third kappa shape index (κ3) is 2.72. The number of nitrogens with two attached hydrogens (primary N) is 1. The van der Waals surface area contributed by atoms with E-state index < -0.39 is 34.2 Å². The number of aromatic nitrogens is 3. The van der Waals surface area contributed by atoms with Crippen molar-refractivity contribution >= 4 is 16.9 Å². The van der Waals surface area contributed by atoms with Gasteiger partial charge in [0.1, 0.15) is 17.2 Å². The number of aromatic carboxylic acids is 1. The Morgan fingerprint density at radius 3 is 2.73 bits per heavy atom. The molecule has 2 heterocycles. The molecule has 0 saturated heterocycles. The van der Waals surface area contributed by atoms with Gasteiger partial charge in [0.2, 0.25) is 5.43 Å². The second-order valence-corrected chi connectivity index (χ2v) is 5.47. The van der Waals surface area contributed by atoms with Crippen LogP contribution in [-0.2, 0) is 13.1 Å². The Morgan fingerprint density at radius 1 is 1.38 bits per heavy atom. The second-order valence-electron chi connectivity index (χ2n) is 5.47. The fourth-order valence-electron chi connectivity index (χ4n) is 2.76. The number of fused-ring (bicyclic) bond motifs is 1. The molecular formula is C17H14F2N4O3. The molecule has 7 nitrogen and oxygen atoms in total. The van der Waals surface area contributed by atoms with E-state index in [1.165, 1.54) is 16.8 Å². The zero-order valence-corrected chi connectivity index (χ0v) is 13.7. The van der Waals surface area contributed by atoms with Gasteiger partial charge in [-0.2, -0.15) is 0 Å². The van der Waals surface area contributed by atoms with Crippen LogP contribution < -0.4 is 11.2 Å². The summed E-state index contributed by atoms with van der Waals surface area (Å²) < 4.78 is 31.0. The average molecular weight is 360 g/mol. The topological polar surface area (TPSA) is 111 Å². The highest BCUT2D eigenvalue weighted by Crippen LogP contribution is 2.30. The first kappa shape index (κ1) is 17.6. The van der Waals surface area contributed by atoms with Gasteiger partial charge < -0.3 is 15.4 Å². The standard InChI is InChI=1S/C17H14F2N4O3/c1-2-23-7-9(17(25)26)16(24)8-5-10(18)13(14(19)15(8)23)11-3-4-21-12(6-20)22-11/h3-5,7H,2,6,20H2,1H3,(H,25,26). The van der Waals surface area contributed by atoms with Gasteiger partial charge in [0.25, 0.3) is 0 Å². The minimum Gasteiger partial charge on any atom is -0.477 e. The van der Waals surface area contributed by atoms with E-state index in [2.05, 4.69) is 9.97 Å². The van der Waals surface area contributed by atoms with Gasteiger partial charge in [-0.25, -0.2) is 23.5 Å². The van der Waals surface area contributed by atoms with E-state index in [1.54, 1.807) is 6.92 Å². The lowest BCUT2D eigenvalue weighted by atomic mass is 10.0. The summed E-state index contributed by atoms with van der Waals surface area (Å²) in [7, 11) is 0. The monoisotopic (exact) mass is 360 g/mol. The minimum atomic E-state index is -1.47. The summed E-state index contributed by atoms with van der Waals surface area (Å²) >= 11 is 0. The zero-order chi connectivity index (χ0) is 19.0. The Balaban J connectivity index is 2.43. The number of nitrogens with zero attached hydrogens (tertiary/aromatic N) is 3. The van der Waals surface area contributed by atoms with Crippen LogP contribution in [0.15, 0.2) is 29.3 Å². The normalized spacial score (nSPS) is 11.1. The number of carboxylic acid groups (broad SMARTS) is 1. The molecule has 0 radical (unpaired) electrons. The SMILES string of the molecule is CCn1cc(C(=O)O)c(=O)c2cc(F)c(-c3ccnc(CN)n3)c(F)c21. The maximum atomic E-state index is 15.2. The van der Waals surface area contributed by atoms with Gasteiger partial charge in [0, 0.05) is 18.9 Å². The Kier molecular flexibility index (Phi) is 4.47. The number of pyridine rings is 1. The molecule has 1 aromatic carbocycles. The van der Waals surface area contributed by atoms with Crippen LogP contribution in [0, 0.1) is 11.6 Å². The summed E-state index contributed by atoms with van der Waals surface area (Å²) in [5.41, 5.74) is 3.31. The molecule has 0 unspecified atom stereocenters. The van der Waals surface area contributed by atoms with Gasteiger partial charge >= 0.3 is 5.97 Å². The highest BCUT2D eigenvalue weighted by atomic mass is 19.1. The van der Waals surface area contributed by atoms with Gasteiger partial charge in [0.05, 0.1) is 28.7 Å².